The van der Waals surface area contributed by atoms with Crippen molar-refractivity contribution in [3.05, 3.63) is 90.0 Å². The molecule has 25 heavy (non-hydrogen) atoms. The average Bonchev–Trinajstić information content (AvgIpc) is 2.67. The van der Waals surface area contributed by atoms with Crippen molar-refractivity contribution in [3.8, 4) is 11.5 Å². The third-order valence-electron chi connectivity index (χ3n) is 3.49. The van der Waals surface area contributed by atoms with Gasteiger partial charge in [0.25, 0.3) is 0 Å². The molecule has 124 valence electrons. The number of nitrogens with one attached hydrogen (secondary N) is 1. The lowest BCUT2D eigenvalue weighted by Gasteiger charge is -2.09. The summed E-state index contributed by atoms with van der Waals surface area (Å²) in [5.74, 6) is 1.52. The molecule has 0 fully saturated rings. The van der Waals surface area contributed by atoms with Gasteiger partial charge in [0.05, 0.1) is 5.69 Å². The fourth-order valence-electron chi connectivity index (χ4n) is 2.33. The van der Waals surface area contributed by atoms with Crippen LogP contribution in [0.15, 0.2) is 83.9 Å². The Balaban J connectivity index is 1.91. The zero-order chi connectivity index (χ0) is 17.5. The third-order valence-corrected chi connectivity index (χ3v) is 3.49. The summed E-state index contributed by atoms with van der Waals surface area (Å²) in [5, 5.41) is 9.44. The number of carbonyl (C=O) groups excluding carboxylic acids is 1. The van der Waals surface area contributed by atoms with Crippen LogP contribution >= 0.6 is 0 Å². The highest BCUT2D eigenvalue weighted by Crippen LogP contribution is 2.25. The number of hydrogen-bond donors (Lipinski definition) is 2. The van der Waals surface area contributed by atoms with Crippen LogP contribution in [0.5, 0.6) is 11.5 Å². The molecule has 0 aliphatic rings. The van der Waals surface area contributed by atoms with Crippen LogP contribution in [-0.4, -0.2) is 17.3 Å². The molecule has 0 unspecified atom stereocenters. The summed E-state index contributed by atoms with van der Waals surface area (Å²) in [6.07, 6.45) is 0.719. The first-order chi connectivity index (χ1) is 12.3. The van der Waals surface area contributed by atoms with Gasteiger partial charge in [0, 0.05) is 17.2 Å². The fraction of sp³-hybridized carbons (Fsp3) is 0. The molecule has 5 heteroatoms. The fourth-order valence-corrected chi connectivity index (χ4v) is 2.33. The number of benzene rings is 3. The van der Waals surface area contributed by atoms with Crippen LogP contribution in [0.4, 0.5) is 5.69 Å². The molecule has 3 aromatic carbocycles. The molecular formula is C20H16N2O3. The van der Waals surface area contributed by atoms with E-state index < -0.39 is 0 Å². The number of hydroxylamine groups is 1. The van der Waals surface area contributed by atoms with Crippen molar-refractivity contribution in [2.24, 2.45) is 4.99 Å². The lowest BCUT2D eigenvalue weighted by Crippen LogP contribution is -2.21. The molecule has 0 spiro atoms. The Labute approximate surface area is 145 Å². The number of amidine groups is 1. The summed E-state index contributed by atoms with van der Waals surface area (Å²) in [6, 6.07) is 23.4. The van der Waals surface area contributed by atoms with Gasteiger partial charge in [-0.05, 0) is 24.3 Å². The van der Waals surface area contributed by atoms with Crippen LogP contribution in [0, 0.1) is 0 Å². The Bertz CT molecular complexity index is 892. The smallest absolute Gasteiger partial charge is 0.158 e. The van der Waals surface area contributed by atoms with E-state index in [2.05, 4.69) is 10.5 Å². The summed E-state index contributed by atoms with van der Waals surface area (Å²) in [7, 11) is 0. The first-order valence-corrected chi connectivity index (χ1v) is 7.66. The molecule has 0 heterocycles. The van der Waals surface area contributed by atoms with Crippen molar-refractivity contribution in [1.29, 1.82) is 0 Å². The normalized spacial score (nSPS) is 11.0. The van der Waals surface area contributed by atoms with Crippen molar-refractivity contribution in [2.45, 2.75) is 0 Å². The number of aldehydes is 1. The van der Waals surface area contributed by atoms with E-state index in [0.717, 1.165) is 12.0 Å². The van der Waals surface area contributed by atoms with Crippen molar-refractivity contribution in [1.82, 2.24) is 5.48 Å². The molecule has 0 radical (unpaired) electrons. The van der Waals surface area contributed by atoms with Gasteiger partial charge in [0.1, 0.15) is 11.5 Å². The van der Waals surface area contributed by atoms with E-state index >= 15 is 0 Å². The van der Waals surface area contributed by atoms with Crippen molar-refractivity contribution in [2.75, 3.05) is 0 Å². The SMILES string of the molecule is O=Cc1ccccc1C(=Nc1cccc(Oc2ccccc2)c1)NO. The van der Waals surface area contributed by atoms with E-state index in [9.17, 15) is 10.0 Å². The predicted molar refractivity (Wildman–Crippen MR) is 95.9 cm³/mol. The zero-order valence-electron chi connectivity index (χ0n) is 13.3. The third kappa shape index (κ3) is 4.10. The number of para-hydroxylation sites is 1. The molecule has 0 saturated heterocycles. The van der Waals surface area contributed by atoms with Gasteiger partial charge in [-0.25, -0.2) is 4.99 Å². The molecule has 0 atom stereocenters. The first kappa shape index (κ1) is 16.4. The van der Waals surface area contributed by atoms with E-state index in [1.165, 1.54) is 0 Å². The molecule has 2 N–H and O–H groups in total. The van der Waals surface area contributed by atoms with Crippen LogP contribution in [0.2, 0.25) is 0 Å². The second kappa shape index (κ2) is 7.90. The lowest BCUT2D eigenvalue weighted by atomic mass is 10.1. The van der Waals surface area contributed by atoms with Crippen molar-refractivity contribution < 1.29 is 14.7 Å². The minimum Gasteiger partial charge on any atom is -0.457 e. The van der Waals surface area contributed by atoms with E-state index in [-0.39, 0.29) is 5.84 Å². The Kier molecular flexibility index (Phi) is 5.19. The van der Waals surface area contributed by atoms with Gasteiger partial charge < -0.3 is 4.74 Å². The summed E-state index contributed by atoms with van der Waals surface area (Å²) < 4.78 is 5.78. The largest absolute Gasteiger partial charge is 0.457 e. The van der Waals surface area contributed by atoms with E-state index in [0.29, 0.717) is 22.6 Å². The molecular weight excluding hydrogens is 316 g/mol. The lowest BCUT2D eigenvalue weighted by molar-refractivity contribution is 0.112. The van der Waals surface area contributed by atoms with Gasteiger partial charge >= 0.3 is 0 Å². The maximum Gasteiger partial charge on any atom is 0.158 e. The van der Waals surface area contributed by atoms with Crippen LogP contribution < -0.4 is 10.2 Å². The molecule has 0 amide bonds. The van der Waals surface area contributed by atoms with Gasteiger partial charge in [-0.15, -0.1) is 0 Å². The number of aliphatic imine (C=N–C) groups is 1. The first-order valence-electron chi connectivity index (χ1n) is 7.66. The van der Waals surface area contributed by atoms with Crippen LogP contribution in [0.25, 0.3) is 0 Å². The maximum atomic E-state index is 11.2. The summed E-state index contributed by atoms with van der Waals surface area (Å²) >= 11 is 0. The quantitative estimate of drug-likeness (QED) is 0.315. The van der Waals surface area contributed by atoms with Gasteiger partial charge in [-0.3, -0.25) is 15.5 Å². The van der Waals surface area contributed by atoms with E-state index in [1.54, 1.807) is 42.5 Å². The highest BCUT2D eigenvalue weighted by Gasteiger charge is 2.08. The molecule has 0 aliphatic heterocycles. The Hall–Kier alpha value is -3.44. The highest BCUT2D eigenvalue weighted by atomic mass is 16.5. The zero-order valence-corrected chi connectivity index (χ0v) is 13.3. The topological polar surface area (TPSA) is 70.9 Å². The average molecular weight is 332 g/mol. The standard InChI is InChI=1S/C20H16N2O3/c23-14-15-7-4-5-12-19(15)20(22-24)21-16-8-6-11-18(13-16)25-17-9-2-1-3-10-17/h1-14,24H,(H,21,22). The van der Waals surface area contributed by atoms with E-state index in [1.807, 2.05) is 36.4 Å². The summed E-state index contributed by atoms with van der Waals surface area (Å²) in [5.41, 5.74) is 3.57. The molecule has 0 bridgehead atoms. The monoisotopic (exact) mass is 332 g/mol. The minimum atomic E-state index is 0.180. The Morgan fingerprint density at radius 1 is 0.920 bits per heavy atom. The van der Waals surface area contributed by atoms with Crippen molar-refractivity contribution >= 4 is 17.8 Å². The van der Waals surface area contributed by atoms with Crippen LogP contribution in [-0.2, 0) is 0 Å². The van der Waals surface area contributed by atoms with E-state index in [4.69, 9.17) is 4.74 Å². The summed E-state index contributed by atoms with van der Waals surface area (Å²) in [6.45, 7) is 0. The van der Waals surface area contributed by atoms with Gasteiger partial charge in [-0.2, -0.15) is 0 Å². The molecule has 3 rings (SSSR count). The Morgan fingerprint density at radius 2 is 1.64 bits per heavy atom. The molecule has 0 aliphatic carbocycles. The van der Waals surface area contributed by atoms with Crippen molar-refractivity contribution in [3.63, 3.8) is 0 Å². The summed E-state index contributed by atoms with van der Waals surface area (Å²) in [4.78, 5) is 15.5. The highest BCUT2D eigenvalue weighted by molar-refractivity contribution is 6.05. The predicted octanol–water partition coefficient (Wildman–Crippen LogP) is 4.35. The Morgan fingerprint density at radius 3 is 2.40 bits per heavy atom. The molecule has 5 nitrogen and oxygen atoms in total. The number of ether oxygens (including phenoxy) is 1. The number of carbonyl (C=O) groups is 1. The maximum absolute atomic E-state index is 11.2. The second-order valence-corrected chi connectivity index (χ2v) is 5.19. The van der Waals surface area contributed by atoms with Gasteiger partial charge in [0.2, 0.25) is 0 Å². The number of rotatable bonds is 5. The molecule has 0 aromatic heterocycles. The van der Waals surface area contributed by atoms with Crippen LogP contribution in [0.1, 0.15) is 15.9 Å². The second-order valence-electron chi connectivity index (χ2n) is 5.19. The molecule has 0 saturated carbocycles. The molecule has 3 aromatic rings. The van der Waals surface area contributed by atoms with Gasteiger partial charge in [0.15, 0.2) is 12.1 Å². The minimum absolute atomic E-state index is 0.180. The number of hydrogen-bond acceptors (Lipinski definition) is 4. The van der Waals surface area contributed by atoms with Gasteiger partial charge in [-0.1, -0.05) is 48.5 Å². The number of nitrogens with zero attached hydrogens (tertiary/aromatic N) is 1. The van der Waals surface area contributed by atoms with Crippen LogP contribution in [0.3, 0.4) is 0 Å².